The summed E-state index contributed by atoms with van der Waals surface area (Å²) in [5, 5.41) is 3.31. The third kappa shape index (κ3) is 5.77. The number of carbonyl (C=O) groups is 1. The van der Waals surface area contributed by atoms with Gasteiger partial charge < -0.3 is 19.2 Å². The van der Waals surface area contributed by atoms with Crippen LogP contribution in [0.15, 0.2) is 41.0 Å². The second-order valence-electron chi connectivity index (χ2n) is 6.04. The average molecular weight is 393 g/mol. The number of halogens is 1. The monoisotopic (exact) mass is 392 g/mol. The number of methoxy groups -OCH3 is 1. The first-order chi connectivity index (χ1) is 13.0. The van der Waals surface area contributed by atoms with Crippen LogP contribution in [0.5, 0.6) is 11.5 Å². The second-order valence-corrected chi connectivity index (χ2v) is 6.45. The van der Waals surface area contributed by atoms with E-state index in [0.29, 0.717) is 29.7 Å². The highest BCUT2D eigenvalue weighted by atomic mass is 35.5. The molecule has 0 aliphatic heterocycles. The van der Waals surface area contributed by atoms with Crippen LogP contribution in [0.2, 0.25) is 5.02 Å². The largest absolute Gasteiger partial charge is 0.493 e. The van der Waals surface area contributed by atoms with Crippen molar-refractivity contribution < 1.29 is 18.7 Å². The van der Waals surface area contributed by atoms with Gasteiger partial charge in [0.25, 0.3) is 0 Å². The van der Waals surface area contributed by atoms with Crippen LogP contribution < -0.4 is 14.8 Å². The van der Waals surface area contributed by atoms with Gasteiger partial charge in [-0.25, -0.2) is 0 Å². The number of nitrogens with one attached hydrogen (secondary N) is 1. The van der Waals surface area contributed by atoms with Crippen molar-refractivity contribution in [2.24, 2.45) is 0 Å². The second kappa shape index (κ2) is 10.0. The maximum atomic E-state index is 12.2. The average Bonchev–Trinajstić information content (AvgIpc) is 3.16. The van der Waals surface area contributed by atoms with Crippen molar-refractivity contribution in [1.29, 1.82) is 0 Å². The molecule has 0 radical (unpaired) electrons. The van der Waals surface area contributed by atoms with Gasteiger partial charge in [-0.15, -0.1) is 0 Å². The SMILES string of the molecule is CCOc1c(Cl)cc(/C=C/C(=O)NCC(c2ccco2)N(C)C)cc1OC. The molecule has 0 saturated carbocycles. The minimum absolute atomic E-state index is 0.0441. The van der Waals surface area contributed by atoms with E-state index in [1.54, 1.807) is 31.6 Å². The molecule has 7 heteroatoms. The van der Waals surface area contributed by atoms with E-state index in [1.165, 1.54) is 6.08 Å². The number of rotatable bonds is 9. The van der Waals surface area contributed by atoms with Crippen LogP contribution in [0.1, 0.15) is 24.3 Å². The van der Waals surface area contributed by atoms with Crippen LogP contribution in [0.3, 0.4) is 0 Å². The van der Waals surface area contributed by atoms with E-state index in [1.807, 2.05) is 38.1 Å². The molecule has 0 spiro atoms. The Bertz CT molecular complexity index is 773. The normalized spacial score (nSPS) is 12.4. The van der Waals surface area contributed by atoms with Gasteiger partial charge in [-0.3, -0.25) is 9.69 Å². The Morgan fingerprint density at radius 2 is 2.19 bits per heavy atom. The number of hydrogen-bond acceptors (Lipinski definition) is 5. The molecular weight excluding hydrogens is 368 g/mol. The molecule has 6 nitrogen and oxygen atoms in total. The summed E-state index contributed by atoms with van der Waals surface area (Å²) in [5.74, 6) is 1.61. The highest BCUT2D eigenvalue weighted by Crippen LogP contribution is 2.36. The van der Waals surface area contributed by atoms with Crippen molar-refractivity contribution >= 4 is 23.6 Å². The van der Waals surface area contributed by atoms with Crippen molar-refractivity contribution in [1.82, 2.24) is 10.2 Å². The van der Waals surface area contributed by atoms with Gasteiger partial charge in [0, 0.05) is 12.6 Å². The van der Waals surface area contributed by atoms with Crippen LogP contribution in [-0.4, -0.2) is 45.2 Å². The van der Waals surface area contributed by atoms with Gasteiger partial charge in [-0.2, -0.15) is 0 Å². The maximum Gasteiger partial charge on any atom is 0.244 e. The van der Waals surface area contributed by atoms with E-state index in [4.69, 9.17) is 25.5 Å². The van der Waals surface area contributed by atoms with Gasteiger partial charge in [0.15, 0.2) is 11.5 Å². The molecule has 1 amide bonds. The summed E-state index contributed by atoms with van der Waals surface area (Å²) < 4.78 is 16.2. The Balaban J connectivity index is 2.03. The fraction of sp³-hybridized carbons (Fsp3) is 0.350. The van der Waals surface area contributed by atoms with E-state index in [0.717, 1.165) is 11.3 Å². The van der Waals surface area contributed by atoms with Crippen LogP contribution in [-0.2, 0) is 4.79 Å². The number of carbonyl (C=O) groups excluding carboxylic acids is 1. The molecule has 0 aliphatic rings. The molecule has 0 aliphatic carbocycles. The van der Waals surface area contributed by atoms with Gasteiger partial charge in [-0.05, 0) is 56.9 Å². The number of furan rings is 1. The van der Waals surface area contributed by atoms with Crippen LogP contribution in [0, 0.1) is 0 Å². The zero-order valence-electron chi connectivity index (χ0n) is 16.0. The van der Waals surface area contributed by atoms with Crippen LogP contribution in [0.25, 0.3) is 6.08 Å². The molecule has 1 aromatic carbocycles. The summed E-state index contributed by atoms with van der Waals surface area (Å²) in [5.41, 5.74) is 0.741. The zero-order chi connectivity index (χ0) is 19.8. The standard InChI is InChI=1S/C20H25ClN2O4/c1-5-26-20-15(21)11-14(12-18(20)25-4)8-9-19(24)22-13-16(23(2)3)17-7-6-10-27-17/h6-12,16H,5,13H2,1-4H3,(H,22,24)/b9-8+. The minimum Gasteiger partial charge on any atom is -0.493 e. The summed E-state index contributed by atoms with van der Waals surface area (Å²) in [6.45, 7) is 2.78. The first-order valence-electron chi connectivity index (χ1n) is 8.62. The Kier molecular flexibility index (Phi) is 7.76. The Labute approximate surface area is 164 Å². The predicted molar refractivity (Wildman–Crippen MR) is 106 cm³/mol. The molecule has 0 saturated heterocycles. The van der Waals surface area contributed by atoms with Crippen molar-refractivity contribution in [2.75, 3.05) is 34.4 Å². The number of ether oxygens (including phenoxy) is 2. The van der Waals surface area contributed by atoms with E-state index < -0.39 is 0 Å². The zero-order valence-corrected chi connectivity index (χ0v) is 16.7. The van der Waals surface area contributed by atoms with E-state index in [9.17, 15) is 4.79 Å². The van der Waals surface area contributed by atoms with Gasteiger partial charge >= 0.3 is 0 Å². The van der Waals surface area contributed by atoms with Crippen molar-refractivity contribution in [3.8, 4) is 11.5 Å². The molecule has 1 N–H and O–H groups in total. The van der Waals surface area contributed by atoms with Crippen molar-refractivity contribution in [3.05, 3.63) is 53.0 Å². The molecule has 1 atom stereocenters. The molecule has 0 fully saturated rings. The van der Waals surface area contributed by atoms with Gasteiger partial charge in [0.1, 0.15) is 5.76 Å². The minimum atomic E-state index is -0.211. The lowest BCUT2D eigenvalue weighted by Gasteiger charge is -2.22. The molecule has 1 aromatic heterocycles. The maximum absolute atomic E-state index is 12.2. The third-order valence-electron chi connectivity index (χ3n) is 3.93. The van der Waals surface area contributed by atoms with E-state index in [2.05, 4.69) is 5.32 Å². The number of likely N-dealkylation sites (N-methyl/N-ethyl adjacent to an activating group) is 1. The number of benzene rings is 1. The Morgan fingerprint density at radius 3 is 2.78 bits per heavy atom. The number of nitrogens with zero attached hydrogens (tertiary/aromatic N) is 1. The van der Waals surface area contributed by atoms with Crippen molar-refractivity contribution in [3.63, 3.8) is 0 Å². The lowest BCUT2D eigenvalue weighted by molar-refractivity contribution is -0.116. The van der Waals surface area contributed by atoms with Crippen LogP contribution in [0.4, 0.5) is 0 Å². The lowest BCUT2D eigenvalue weighted by atomic mass is 10.1. The van der Waals surface area contributed by atoms with Crippen molar-refractivity contribution in [2.45, 2.75) is 13.0 Å². The fourth-order valence-corrected chi connectivity index (χ4v) is 2.84. The molecule has 1 heterocycles. The lowest BCUT2D eigenvalue weighted by Crippen LogP contribution is -2.33. The van der Waals surface area contributed by atoms with E-state index in [-0.39, 0.29) is 11.9 Å². The highest BCUT2D eigenvalue weighted by molar-refractivity contribution is 6.32. The Morgan fingerprint density at radius 1 is 1.41 bits per heavy atom. The molecule has 27 heavy (non-hydrogen) atoms. The molecule has 2 rings (SSSR count). The molecule has 1 unspecified atom stereocenters. The summed E-state index contributed by atoms with van der Waals surface area (Å²) in [6, 6.07) is 7.17. The van der Waals surface area contributed by atoms with Gasteiger partial charge in [-0.1, -0.05) is 11.6 Å². The first-order valence-corrected chi connectivity index (χ1v) is 9.00. The Hall–Kier alpha value is -2.44. The molecular formula is C20H25ClN2O4. The molecule has 0 bridgehead atoms. The first kappa shape index (κ1) is 20.9. The topological polar surface area (TPSA) is 63.9 Å². The highest BCUT2D eigenvalue weighted by Gasteiger charge is 2.17. The van der Waals surface area contributed by atoms with Gasteiger partial charge in [0.2, 0.25) is 5.91 Å². The summed E-state index contributed by atoms with van der Waals surface area (Å²) in [6.07, 6.45) is 4.76. The third-order valence-corrected chi connectivity index (χ3v) is 4.21. The van der Waals surface area contributed by atoms with E-state index >= 15 is 0 Å². The summed E-state index contributed by atoms with van der Waals surface area (Å²) >= 11 is 6.25. The quantitative estimate of drug-likeness (QED) is 0.658. The predicted octanol–water partition coefficient (Wildman–Crippen LogP) is 3.77. The summed E-state index contributed by atoms with van der Waals surface area (Å²) in [4.78, 5) is 14.2. The summed E-state index contributed by atoms with van der Waals surface area (Å²) in [7, 11) is 5.41. The smallest absolute Gasteiger partial charge is 0.244 e. The number of hydrogen-bond donors (Lipinski definition) is 1. The van der Waals surface area contributed by atoms with Crippen LogP contribution >= 0.6 is 11.6 Å². The molecule has 2 aromatic rings. The molecule has 146 valence electrons. The number of amides is 1. The van der Waals surface area contributed by atoms with Gasteiger partial charge in [0.05, 0.1) is 31.0 Å². The fourth-order valence-electron chi connectivity index (χ4n) is 2.57.